The van der Waals surface area contributed by atoms with Gasteiger partial charge in [0, 0.05) is 13.5 Å². The van der Waals surface area contributed by atoms with Crippen molar-refractivity contribution < 1.29 is 19.1 Å². The summed E-state index contributed by atoms with van der Waals surface area (Å²) in [5, 5.41) is 2.50. The van der Waals surface area contributed by atoms with Crippen LogP contribution >= 0.6 is 0 Å². The van der Waals surface area contributed by atoms with E-state index in [-0.39, 0.29) is 5.97 Å². The maximum Gasteiger partial charge on any atom is 0.407 e. The summed E-state index contributed by atoms with van der Waals surface area (Å²) in [4.78, 5) is 21.0. The maximum absolute atomic E-state index is 10.7. The highest BCUT2D eigenvalue weighted by Crippen LogP contribution is 1.83. The lowest BCUT2D eigenvalue weighted by atomic mass is 10.4. The number of hydrogen-bond donors (Lipinski definition) is 1. The van der Waals surface area contributed by atoms with Crippen molar-refractivity contribution in [2.75, 3.05) is 19.8 Å². The first kappa shape index (κ1) is 11.7. The van der Waals surface area contributed by atoms with Crippen LogP contribution in [0.3, 0.4) is 0 Å². The molecule has 0 bridgehead atoms. The van der Waals surface area contributed by atoms with Crippen molar-refractivity contribution in [2.24, 2.45) is 0 Å². The molecule has 0 aliphatic heterocycles. The highest BCUT2D eigenvalue weighted by molar-refractivity contribution is 5.67. The molecule has 0 aromatic heterocycles. The fourth-order valence-electron chi connectivity index (χ4n) is 0.661. The molecule has 1 amide bonds. The van der Waals surface area contributed by atoms with Crippen LogP contribution in [-0.4, -0.2) is 31.8 Å². The fourth-order valence-corrected chi connectivity index (χ4v) is 0.661. The zero-order valence-electron chi connectivity index (χ0n) is 7.96. The van der Waals surface area contributed by atoms with Gasteiger partial charge >= 0.3 is 12.1 Å². The van der Waals surface area contributed by atoms with E-state index in [0.717, 1.165) is 0 Å². The molecule has 0 radical (unpaired) electrons. The summed E-state index contributed by atoms with van der Waals surface area (Å²) in [5.41, 5.74) is 0. The Hall–Kier alpha value is -1.26. The molecule has 0 heterocycles. The second kappa shape index (κ2) is 7.39. The molecule has 76 valence electrons. The molecule has 0 aromatic carbocycles. The van der Waals surface area contributed by atoms with E-state index in [0.29, 0.717) is 26.2 Å². The van der Waals surface area contributed by atoms with E-state index in [1.807, 2.05) is 0 Å². The van der Waals surface area contributed by atoms with Crippen LogP contribution in [0.5, 0.6) is 0 Å². The Morgan fingerprint density at radius 2 is 2.00 bits per heavy atom. The molecular formula is C8H15NO4. The highest BCUT2D eigenvalue weighted by atomic mass is 16.5. The van der Waals surface area contributed by atoms with Crippen LogP contribution in [0.15, 0.2) is 0 Å². The van der Waals surface area contributed by atoms with Gasteiger partial charge in [0.1, 0.15) is 0 Å². The van der Waals surface area contributed by atoms with Crippen molar-refractivity contribution in [1.82, 2.24) is 5.32 Å². The summed E-state index contributed by atoms with van der Waals surface area (Å²) in [6.07, 6.45) is 0.156. The molecule has 0 aliphatic carbocycles. The van der Waals surface area contributed by atoms with E-state index in [2.05, 4.69) is 14.8 Å². The summed E-state index contributed by atoms with van der Waals surface area (Å²) in [6, 6.07) is 0. The first-order chi connectivity index (χ1) is 6.16. The largest absolute Gasteiger partial charge is 0.466 e. The molecule has 13 heavy (non-hydrogen) atoms. The number of hydrogen-bond acceptors (Lipinski definition) is 4. The van der Waals surface area contributed by atoms with Gasteiger partial charge in [0.15, 0.2) is 0 Å². The topological polar surface area (TPSA) is 64.6 Å². The third kappa shape index (κ3) is 8.65. The van der Waals surface area contributed by atoms with Gasteiger partial charge in [0.25, 0.3) is 0 Å². The quantitative estimate of drug-likeness (QED) is 0.510. The Labute approximate surface area is 77.4 Å². The fraction of sp³-hybridized carbons (Fsp3) is 0.750. The molecular weight excluding hydrogens is 174 g/mol. The number of amides is 1. The smallest absolute Gasteiger partial charge is 0.407 e. The van der Waals surface area contributed by atoms with Gasteiger partial charge in [0.05, 0.1) is 13.2 Å². The summed E-state index contributed by atoms with van der Waals surface area (Å²) in [6.45, 7) is 4.21. The van der Waals surface area contributed by atoms with E-state index in [4.69, 9.17) is 0 Å². The summed E-state index contributed by atoms with van der Waals surface area (Å²) < 4.78 is 9.26. The van der Waals surface area contributed by atoms with E-state index >= 15 is 0 Å². The van der Waals surface area contributed by atoms with Gasteiger partial charge in [-0.05, 0) is 13.3 Å². The molecule has 0 saturated carbocycles. The van der Waals surface area contributed by atoms with Crippen molar-refractivity contribution in [1.29, 1.82) is 0 Å². The number of carbonyl (C=O) groups excluding carboxylic acids is 2. The molecule has 5 nitrogen and oxygen atoms in total. The van der Waals surface area contributed by atoms with Crippen molar-refractivity contribution in [3.63, 3.8) is 0 Å². The second-order valence-electron chi connectivity index (χ2n) is 2.34. The minimum absolute atomic E-state index is 0.309. The number of alkyl carbamates (subject to hydrolysis) is 1. The van der Waals surface area contributed by atoms with Crippen LogP contribution in [0.1, 0.15) is 20.3 Å². The van der Waals surface area contributed by atoms with Gasteiger partial charge in [-0.1, -0.05) is 0 Å². The Morgan fingerprint density at radius 1 is 1.31 bits per heavy atom. The predicted molar refractivity (Wildman–Crippen MR) is 46.3 cm³/mol. The minimum atomic E-state index is -0.440. The first-order valence-corrected chi connectivity index (χ1v) is 4.20. The maximum atomic E-state index is 10.7. The van der Waals surface area contributed by atoms with Gasteiger partial charge in [-0.3, -0.25) is 4.79 Å². The van der Waals surface area contributed by atoms with Gasteiger partial charge < -0.3 is 14.8 Å². The SMILES string of the molecule is CCOC(=O)NCCCOC(C)=O. The van der Waals surface area contributed by atoms with E-state index in [9.17, 15) is 9.59 Å². The third-order valence-corrected chi connectivity index (χ3v) is 1.17. The average Bonchev–Trinajstić information content (AvgIpc) is 2.03. The molecule has 0 rings (SSSR count). The lowest BCUT2D eigenvalue weighted by Gasteiger charge is -2.04. The average molecular weight is 189 g/mol. The zero-order valence-corrected chi connectivity index (χ0v) is 7.96. The number of carbonyl (C=O) groups is 2. The number of nitrogens with one attached hydrogen (secondary N) is 1. The molecule has 0 unspecified atom stereocenters. The van der Waals surface area contributed by atoms with Crippen molar-refractivity contribution in [2.45, 2.75) is 20.3 Å². The van der Waals surface area contributed by atoms with Crippen molar-refractivity contribution >= 4 is 12.1 Å². The lowest BCUT2D eigenvalue weighted by molar-refractivity contribution is -0.140. The molecule has 0 aliphatic rings. The Bertz CT molecular complexity index is 170. The monoisotopic (exact) mass is 189 g/mol. The standard InChI is InChI=1S/C8H15NO4/c1-3-12-8(11)9-5-4-6-13-7(2)10/h3-6H2,1-2H3,(H,9,11). The normalized spacial score (nSPS) is 9.08. The van der Waals surface area contributed by atoms with E-state index < -0.39 is 6.09 Å². The van der Waals surface area contributed by atoms with Gasteiger partial charge in [-0.2, -0.15) is 0 Å². The van der Waals surface area contributed by atoms with E-state index in [1.165, 1.54) is 6.92 Å². The van der Waals surface area contributed by atoms with Gasteiger partial charge in [0.2, 0.25) is 0 Å². The van der Waals surface area contributed by atoms with Crippen molar-refractivity contribution in [3.05, 3.63) is 0 Å². The molecule has 0 fully saturated rings. The van der Waals surface area contributed by atoms with Crippen LogP contribution in [0, 0.1) is 0 Å². The highest BCUT2D eigenvalue weighted by Gasteiger charge is 1.98. The summed E-state index contributed by atoms with van der Waals surface area (Å²) >= 11 is 0. The van der Waals surface area contributed by atoms with Gasteiger partial charge in [-0.25, -0.2) is 4.79 Å². The Morgan fingerprint density at radius 3 is 2.54 bits per heavy atom. The number of ether oxygens (including phenoxy) is 2. The van der Waals surface area contributed by atoms with Crippen LogP contribution in [-0.2, 0) is 14.3 Å². The molecule has 0 saturated heterocycles. The Balaban J connectivity index is 3.16. The van der Waals surface area contributed by atoms with Crippen LogP contribution in [0.4, 0.5) is 4.79 Å². The molecule has 0 aromatic rings. The van der Waals surface area contributed by atoms with Crippen LogP contribution < -0.4 is 5.32 Å². The summed E-state index contributed by atoms with van der Waals surface area (Å²) in [7, 11) is 0. The van der Waals surface area contributed by atoms with Crippen molar-refractivity contribution in [3.8, 4) is 0 Å². The lowest BCUT2D eigenvalue weighted by Crippen LogP contribution is -2.26. The Kier molecular flexibility index (Phi) is 6.68. The van der Waals surface area contributed by atoms with Gasteiger partial charge in [-0.15, -0.1) is 0 Å². The minimum Gasteiger partial charge on any atom is -0.466 e. The first-order valence-electron chi connectivity index (χ1n) is 4.20. The predicted octanol–water partition coefficient (Wildman–Crippen LogP) is 0.686. The zero-order chi connectivity index (χ0) is 10.1. The molecule has 5 heteroatoms. The molecule has 1 N–H and O–H groups in total. The summed E-state index contributed by atoms with van der Waals surface area (Å²) in [5.74, 6) is -0.309. The van der Waals surface area contributed by atoms with Crippen LogP contribution in [0.2, 0.25) is 0 Å². The number of esters is 1. The third-order valence-electron chi connectivity index (χ3n) is 1.17. The number of rotatable bonds is 5. The molecule has 0 spiro atoms. The second-order valence-corrected chi connectivity index (χ2v) is 2.34. The van der Waals surface area contributed by atoms with Crippen LogP contribution in [0.25, 0.3) is 0 Å². The van der Waals surface area contributed by atoms with E-state index in [1.54, 1.807) is 6.92 Å². The molecule has 0 atom stereocenters.